The predicted molar refractivity (Wildman–Crippen MR) is 117 cm³/mol. The second-order valence-corrected chi connectivity index (χ2v) is 6.42. The summed E-state index contributed by atoms with van der Waals surface area (Å²) in [7, 11) is 0. The van der Waals surface area contributed by atoms with E-state index >= 15 is 0 Å². The maximum absolute atomic E-state index is 5.31. The average Bonchev–Trinajstić information content (AvgIpc) is 3.34. The zero-order chi connectivity index (χ0) is 18.0. The highest BCUT2D eigenvalue weighted by Crippen LogP contribution is 2.14. The Balaban J connectivity index is 0.00000261. The highest BCUT2D eigenvalue weighted by Gasteiger charge is 2.10. The van der Waals surface area contributed by atoms with Crippen LogP contribution in [0.15, 0.2) is 27.8 Å². The molecule has 0 atom stereocenters. The van der Waals surface area contributed by atoms with Gasteiger partial charge in [0, 0.05) is 26.1 Å². The summed E-state index contributed by atoms with van der Waals surface area (Å²) < 4.78 is 5.31. The van der Waals surface area contributed by atoms with Gasteiger partial charge in [0.2, 0.25) is 5.82 Å². The van der Waals surface area contributed by atoms with Crippen molar-refractivity contribution in [1.82, 2.24) is 30.7 Å². The zero-order valence-corrected chi connectivity index (χ0v) is 18.2. The number of hydrogen-bond acceptors (Lipinski definition) is 5. The van der Waals surface area contributed by atoms with Gasteiger partial charge in [0.05, 0.1) is 12.8 Å². The molecule has 1 saturated heterocycles. The van der Waals surface area contributed by atoms with Crippen molar-refractivity contribution in [3.63, 3.8) is 0 Å². The van der Waals surface area contributed by atoms with Crippen LogP contribution < -0.4 is 10.6 Å². The summed E-state index contributed by atoms with van der Waals surface area (Å²) in [4.78, 5) is 11.6. The minimum Gasteiger partial charge on any atom is -0.461 e. The highest BCUT2D eigenvalue weighted by atomic mass is 127. The largest absolute Gasteiger partial charge is 0.461 e. The molecule has 0 saturated carbocycles. The molecule has 0 amide bonds. The fourth-order valence-corrected chi connectivity index (χ4v) is 3.05. The molecule has 3 N–H and O–H groups in total. The van der Waals surface area contributed by atoms with Gasteiger partial charge in [0.15, 0.2) is 11.7 Å². The number of nitrogens with one attached hydrogen (secondary N) is 3. The quantitative estimate of drug-likeness (QED) is 0.301. The lowest BCUT2D eigenvalue weighted by Gasteiger charge is -2.25. The average molecular weight is 487 g/mol. The molecule has 3 heterocycles. The van der Waals surface area contributed by atoms with Crippen LogP contribution >= 0.6 is 24.0 Å². The summed E-state index contributed by atoms with van der Waals surface area (Å²) in [6.45, 7) is 7.94. The molecular formula is C18H30IN7O. The zero-order valence-electron chi connectivity index (χ0n) is 15.9. The number of furan rings is 1. The van der Waals surface area contributed by atoms with E-state index in [-0.39, 0.29) is 24.0 Å². The molecule has 150 valence electrons. The fraction of sp³-hybridized carbons (Fsp3) is 0.611. The van der Waals surface area contributed by atoms with Crippen molar-refractivity contribution >= 4 is 29.9 Å². The molecule has 0 spiro atoms. The molecule has 0 aliphatic carbocycles. The number of halogens is 1. The standard InChI is InChI=1S/C18H29N7O.HI/c1-2-19-18(21-10-13-25-11-4-3-5-12-25)20-9-8-16-22-17(24-23-16)15-7-6-14-26-15;/h6-7,14H,2-5,8-13H2,1H3,(H2,19,20,21)(H,22,23,24);1H. The van der Waals surface area contributed by atoms with Crippen molar-refractivity contribution in [2.24, 2.45) is 4.99 Å². The molecule has 2 aromatic heterocycles. The molecular weight excluding hydrogens is 457 g/mol. The smallest absolute Gasteiger partial charge is 0.216 e. The van der Waals surface area contributed by atoms with Gasteiger partial charge in [-0.25, -0.2) is 4.98 Å². The predicted octanol–water partition coefficient (Wildman–Crippen LogP) is 2.27. The van der Waals surface area contributed by atoms with Gasteiger partial charge in [-0.1, -0.05) is 6.42 Å². The van der Waals surface area contributed by atoms with Crippen LogP contribution in [-0.2, 0) is 6.42 Å². The Kier molecular flexibility index (Phi) is 9.60. The van der Waals surface area contributed by atoms with E-state index < -0.39 is 0 Å². The van der Waals surface area contributed by atoms with Crippen LogP contribution in [0, 0.1) is 0 Å². The van der Waals surface area contributed by atoms with Gasteiger partial charge < -0.3 is 20.0 Å². The Hall–Kier alpha value is -1.62. The van der Waals surface area contributed by atoms with E-state index in [0.29, 0.717) is 11.6 Å². The molecule has 0 unspecified atom stereocenters. The van der Waals surface area contributed by atoms with E-state index in [0.717, 1.165) is 44.4 Å². The van der Waals surface area contributed by atoms with Crippen LogP contribution in [-0.4, -0.2) is 65.3 Å². The van der Waals surface area contributed by atoms with Crippen LogP contribution in [0.2, 0.25) is 0 Å². The van der Waals surface area contributed by atoms with E-state index in [2.05, 4.69) is 42.6 Å². The number of piperidine rings is 1. The Morgan fingerprint density at radius 3 is 2.89 bits per heavy atom. The summed E-state index contributed by atoms with van der Waals surface area (Å²) in [6.07, 6.45) is 6.37. The topological polar surface area (TPSA) is 94.4 Å². The minimum absolute atomic E-state index is 0. The van der Waals surface area contributed by atoms with Gasteiger partial charge in [-0.15, -0.1) is 24.0 Å². The van der Waals surface area contributed by atoms with Crippen molar-refractivity contribution < 1.29 is 4.42 Å². The third-order valence-electron chi connectivity index (χ3n) is 4.41. The first-order chi connectivity index (χ1) is 12.8. The van der Waals surface area contributed by atoms with Gasteiger partial charge in [-0.05, 0) is 45.0 Å². The molecule has 0 aromatic carbocycles. The van der Waals surface area contributed by atoms with E-state index in [9.17, 15) is 0 Å². The van der Waals surface area contributed by atoms with Crippen LogP contribution in [0.4, 0.5) is 0 Å². The molecule has 2 aromatic rings. The molecule has 1 aliphatic rings. The third kappa shape index (κ3) is 7.13. The number of H-pyrrole nitrogens is 1. The molecule has 8 nitrogen and oxygen atoms in total. The van der Waals surface area contributed by atoms with Gasteiger partial charge in [-0.2, -0.15) is 5.10 Å². The number of rotatable bonds is 8. The first-order valence-electron chi connectivity index (χ1n) is 9.55. The van der Waals surface area contributed by atoms with Gasteiger partial charge in [-0.3, -0.25) is 10.1 Å². The van der Waals surface area contributed by atoms with Crippen molar-refractivity contribution in [3.8, 4) is 11.6 Å². The number of nitrogens with zero attached hydrogens (tertiary/aromatic N) is 4. The monoisotopic (exact) mass is 487 g/mol. The maximum atomic E-state index is 5.31. The van der Waals surface area contributed by atoms with Crippen LogP contribution in [0.3, 0.4) is 0 Å². The Morgan fingerprint density at radius 2 is 2.15 bits per heavy atom. The molecule has 0 radical (unpaired) electrons. The maximum Gasteiger partial charge on any atom is 0.216 e. The van der Waals surface area contributed by atoms with Gasteiger partial charge in [0.1, 0.15) is 5.82 Å². The molecule has 9 heteroatoms. The van der Waals surface area contributed by atoms with E-state index in [1.165, 1.54) is 32.4 Å². The van der Waals surface area contributed by atoms with E-state index in [4.69, 9.17) is 4.42 Å². The SMILES string of the molecule is CCNC(=NCCN1CCCCC1)NCCc1nc(-c2ccco2)n[nH]1.I. The molecule has 27 heavy (non-hydrogen) atoms. The lowest BCUT2D eigenvalue weighted by molar-refractivity contribution is 0.235. The van der Waals surface area contributed by atoms with Crippen molar-refractivity contribution in [2.75, 3.05) is 39.3 Å². The number of hydrogen-bond donors (Lipinski definition) is 3. The number of aromatic amines is 1. The first kappa shape index (κ1) is 21.7. The normalized spacial score (nSPS) is 15.4. The summed E-state index contributed by atoms with van der Waals surface area (Å²) in [5.74, 6) is 2.95. The van der Waals surface area contributed by atoms with Crippen molar-refractivity contribution in [2.45, 2.75) is 32.6 Å². The van der Waals surface area contributed by atoms with E-state index in [1.807, 2.05) is 12.1 Å². The van der Waals surface area contributed by atoms with Gasteiger partial charge >= 0.3 is 0 Å². The van der Waals surface area contributed by atoms with Crippen LogP contribution in [0.1, 0.15) is 32.0 Å². The number of aliphatic imine (C=N–C) groups is 1. The summed E-state index contributed by atoms with van der Waals surface area (Å²) in [5.41, 5.74) is 0. The number of aromatic nitrogens is 3. The van der Waals surface area contributed by atoms with Crippen LogP contribution in [0.5, 0.6) is 0 Å². The van der Waals surface area contributed by atoms with Crippen molar-refractivity contribution in [3.05, 3.63) is 24.2 Å². The second-order valence-electron chi connectivity index (χ2n) is 6.42. The molecule has 1 fully saturated rings. The Bertz CT molecular complexity index is 665. The molecule has 3 rings (SSSR count). The highest BCUT2D eigenvalue weighted by molar-refractivity contribution is 14.0. The lowest BCUT2D eigenvalue weighted by atomic mass is 10.1. The summed E-state index contributed by atoms with van der Waals surface area (Å²) >= 11 is 0. The number of likely N-dealkylation sites (tertiary alicyclic amines) is 1. The Morgan fingerprint density at radius 1 is 1.30 bits per heavy atom. The second kappa shape index (κ2) is 12.0. The minimum atomic E-state index is 0. The Labute approximate surface area is 177 Å². The third-order valence-corrected chi connectivity index (χ3v) is 4.41. The summed E-state index contributed by atoms with van der Waals surface area (Å²) in [5, 5.41) is 13.8. The lowest BCUT2D eigenvalue weighted by Crippen LogP contribution is -2.39. The van der Waals surface area contributed by atoms with Gasteiger partial charge in [0.25, 0.3) is 0 Å². The van der Waals surface area contributed by atoms with E-state index in [1.54, 1.807) is 6.26 Å². The number of guanidine groups is 1. The fourth-order valence-electron chi connectivity index (χ4n) is 3.05. The first-order valence-corrected chi connectivity index (χ1v) is 9.55. The van der Waals surface area contributed by atoms with Crippen LogP contribution in [0.25, 0.3) is 11.6 Å². The van der Waals surface area contributed by atoms with Crippen molar-refractivity contribution in [1.29, 1.82) is 0 Å². The summed E-state index contributed by atoms with van der Waals surface area (Å²) in [6, 6.07) is 3.68. The molecule has 1 aliphatic heterocycles. The molecule has 0 bridgehead atoms.